The Labute approximate surface area is 134 Å². The van der Waals surface area contributed by atoms with Gasteiger partial charge in [0, 0.05) is 6.54 Å². The number of amides is 1. The molecule has 1 saturated heterocycles. The molecule has 6 heteroatoms. The Balaban J connectivity index is 1.87. The maximum Gasteiger partial charge on any atom is 0.276 e. The normalized spacial score (nSPS) is 16.6. The van der Waals surface area contributed by atoms with Crippen LogP contribution < -0.4 is 5.32 Å². The van der Waals surface area contributed by atoms with Gasteiger partial charge in [0.2, 0.25) is 0 Å². The summed E-state index contributed by atoms with van der Waals surface area (Å²) in [6.07, 6.45) is 5.29. The van der Waals surface area contributed by atoms with Crippen molar-refractivity contribution in [1.82, 2.24) is 20.2 Å². The third-order valence-corrected chi connectivity index (χ3v) is 3.78. The number of rotatable bonds is 4. The molecule has 0 atom stereocenters. The summed E-state index contributed by atoms with van der Waals surface area (Å²) in [7, 11) is 0. The Hall–Kier alpha value is -2.34. The van der Waals surface area contributed by atoms with Crippen LogP contribution in [0.25, 0.3) is 17.1 Å². The minimum atomic E-state index is -0.103. The lowest BCUT2D eigenvalue weighted by Crippen LogP contribution is -2.31. The van der Waals surface area contributed by atoms with Crippen molar-refractivity contribution in [2.24, 2.45) is 0 Å². The minimum absolute atomic E-state index is 0.103. The van der Waals surface area contributed by atoms with Gasteiger partial charge in [0.25, 0.3) is 5.91 Å². The molecule has 1 aromatic carbocycles. The summed E-state index contributed by atoms with van der Waals surface area (Å²) in [6.45, 7) is 2.72. The highest BCUT2D eigenvalue weighted by molar-refractivity contribution is 7.80. The van der Waals surface area contributed by atoms with Gasteiger partial charge in [-0.15, -0.1) is 0 Å². The standard InChI is InChI=1S/C16H16N4OS/c1-2-3-8-20-15(21)14(19-16(20)22)9-11-10-17-12-6-4-5-7-13(12)18-11/h4-7,9-10H,2-3,8H2,1H3,(H,19,22)/b14-9-. The molecule has 0 unspecified atom stereocenters. The number of nitrogens with one attached hydrogen (secondary N) is 1. The first-order chi connectivity index (χ1) is 10.7. The van der Waals surface area contributed by atoms with Gasteiger partial charge in [0.05, 0.1) is 22.9 Å². The van der Waals surface area contributed by atoms with E-state index in [0.29, 0.717) is 23.0 Å². The highest BCUT2D eigenvalue weighted by Gasteiger charge is 2.29. The molecule has 1 amide bonds. The first-order valence-electron chi connectivity index (χ1n) is 7.25. The smallest absolute Gasteiger partial charge is 0.276 e. The average molecular weight is 312 g/mol. The zero-order chi connectivity index (χ0) is 15.5. The van der Waals surface area contributed by atoms with Gasteiger partial charge in [-0.3, -0.25) is 14.7 Å². The van der Waals surface area contributed by atoms with Crippen LogP contribution in [0.15, 0.2) is 36.2 Å². The van der Waals surface area contributed by atoms with E-state index in [-0.39, 0.29) is 5.91 Å². The van der Waals surface area contributed by atoms with E-state index < -0.39 is 0 Å². The molecule has 0 spiro atoms. The number of carbonyl (C=O) groups excluding carboxylic acids is 1. The van der Waals surface area contributed by atoms with Crippen LogP contribution in [0.1, 0.15) is 25.5 Å². The van der Waals surface area contributed by atoms with Crippen LogP contribution in [0.4, 0.5) is 0 Å². The van der Waals surface area contributed by atoms with E-state index in [1.54, 1.807) is 17.2 Å². The minimum Gasteiger partial charge on any atom is -0.328 e. The van der Waals surface area contributed by atoms with Crippen molar-refractivity contribution in [1.29, 1.82) is 0 Å². The predicted molar refractivity (Wildman–Crippen MR) is 89.9 cm³/mol. The molecule has 5 nitrogen and oxygen atoms in total. The first-order valence-corrected chi connectivity index (χ1v) is 7.66. The zero-order valence-electron chi connectivity index (χ0n) is 12.2. The first kappa shape index (κ1) is 14.6. The number of nitrogens with zero attached hydrogens (tertiary/aromatic N) is 3. The number of aromatic nitrogens is 2. The molecule has 112 valence electrons. The molecular weight excluding hydrogens is 296 g/mol. The van der Waals surface area contributed by atoms with Gasteiger partial charge in [-0.2, -0.15) is 0 Å². The zero-order valence-corrected chi connectivity index (χ0v) is 13.1. The molecule has 1 fully saturated rings. The van der Waals surface area contributed by atoms with E-state index >= 15 is 0 Å². The SMILES string of the molecule is CCCCN1C(=O)/C(=C/c2cnc3ccccc3n2)NC1=S. The van der Waals surface area contributed by atoms with E-state index in [4.69, 9.17) is 12.2 Å². The van der Waals surface area contributed by atoms with Gasteiger partial charge < -0.3 is 5.32 Å². The predicted octanol–water partition coefficient (Wildman–Crippen LogP) is 2.49. The number of para-hydroxylation sites is 2. The quantitative estimate of drug-likeness (QED) is 0.694. The average Bonchev–Trinajstić information content (AvgIpc) is 2.79. The van der Waals surface area contributed by atoms with Crippen LogP contribution in [-0.4, -0.2) is 32.4 Å². The lowest BCUT2D eigenvalue weighted by molar-refractivity contribution is -0.122. The van der Waals surface area contributed by atoms with Crippen molar-refractivity contribution < 1.29 is 4.79 Å². The monoisotopic (exact) mass is 312 g/mol. The van der Waals surface area contributed by atoms with Crippen LogP contribution in [0.3, 0.4) is 0 Å². The summed E-state index contributed by atoms with van der Waals surface area (Å²) in [6, 6.07) is 7.63. The second kappa shape index (κ2) is 6.19. The fourth-order valence-electron chi connectivity index (χ4n) is 2.28. The fourth-order valence-corrected chi connectivity index (χ4v) is 2.56. The summed E-state index contributed by atoms with van der Waals surface area (Å²) in [5.41, 5.74) is 2.71. The summed E-state index contributed by atoms with van der Waals surface area (Å²) in [5, 5.41) is 3.42. The van der Waals surface area contributed by atoms with E-state index in [1.807, 2.05) is 24.3 Å². The molecule has 0 aliphatic carbocycles. The van der Waals surface area contributed by atoms with Crippen LogP contribution in [0, 0.1) is 0 Å². The molecule has 22 heavy (non-hydrogen) atoms. The molecule has 1 aromatic heterocycles. The number of unbranched alkanes of at least 4 members (excludes halogenated alkanes) is 1. The Kier molecular flexibility index (Phi) is 4.11. The molecule has 2 aromatic rings. The van der Waals surface area contributed by atoms with Gasteiger partial charge in [-0.25, -0.2) is 4.98 Å². The van der Waals surface area contributed by atoms with Crippen molar-refractivity contribution in [3.05, 3.63) is 41.9 Å². The number of hydrogen-bond acceptors (Lipinski definition) is 4. The van der Waals surface area contributed by atoms with Gasteiger partial charge in [-0.1, -0.05) is 25.5 Å². The summed E-state index contributed by atoms with van der Waals surface area (Å²) < 4.78 is 0. The molecule has 1 N–H and O–H groups in total. The molecule has 0 saturated carbocycles. The van der Waals surface area contributed by atoms with Crippen molar-refractivity contribution in [3.63, 3.8) is 0 Å². The Morgan fingerprint density at radius 1 is 1.32 bits per heavy atom. The van der Waals surface area contributed by atoms with E-state index in [1.165, 1.54) is 0 Å². The second-order valence-corrected chi connectivity index (χ2v) is 5.47. The maximum atomic E-state index is 12.3. The second-order valence-electron chi connectivity index (χ2n) is 5.08. The molecule has 0 radical (unpaired) electrons. The van der Waals surface area contributed by atoms with Crippen molar-refractivity contribution >= 4 is 40.3 Å². The maximum absolute atomic E-state index is 12.3. The van der Waals surface area contributed by atoms with Gasteiger partial charge in [-0.05, 0) is 36.8 Å². The van der Waals surface area contributed by atoms with Crippen LogP contribution in [0.5, 0.6) is 0 Å². The molecule has 1 aliphatic heterocycles. The van der Waals surface area contributed by atoms with E-state index in [2.05, 4.69) is 22.2 Å². The summed E-state index contributed by atoms with van der Waals surface area (Å²) in [5.74, 6) is -0.103. The highest BCUT2D eigenvalue weighted by Crippen LogP contribution is 2.15. The lowest BCUT2D eigenvalue weighted by Gasteiger charge is -2.12. The van der Waals surface area contributed by atoms with Crippen molar-refractivity contribution in [2.45, 2.75) is 19.8 Å². The Morgan fingerprint density at radius 3 is 2.86 bits per heavy atom. The number of carbonyl (C=O) groups is 1. The van der Waals surface area contributed by atoms with Crippen LogP contribution >= 0.6 is 12.2 Å². The number of benzene rings is 1. The lowest BCUT2D eigenvalue weighted by atomic mass is 10.2. The topological polar surface area (TPSA) is 58.1 Å². The molecule has 2 heterocycles. The third-order valence-electron chi connectivity index (χ3n) is 3.46. The van der Waals surface area contributed by atoms with E-state index in [9.17, 15) is 4.79 Å². The fraction of sp³-hybridized carbons (Fsp3) is 0.250. The van der Waals surface area contributed by atoms with E-state index in [0.717, 1.165) is 23.9 Å². The van der Waals surface area contributed by atoms with Crippen LogP contribution in [0.2, 0.25) is 0 Å². The highest BCUT2D eigenvalue weighted by atomic mass is 32.1. The number of thiocarbonyl (C=S) groups is 1. The molecule has 0 bridgehead atoms. The van der Waals surface area contributed by atoms with Crippen LogP contribution in [-0.2, 0) is 4.79 Å². The van der Waals surface area contributed by atoms with Gasteiger partial charge in [0.1, 0.15) is 5.70 Å². The largest absolute Gasteiger partial charge is 0.328 e. The van der Waals surface area contributed by atoms with Crippen molar-refractivity contribution in [3.8, 4) is 0 Å². The van der Waals surface area contributed by atoms with Gasteiger partial charge >= 0.3 is 0 Å². The summed E-state index contributed by atoms with van der Waals surface area (Å²) >= 11 is 5.22. The summed E-state index contributed by atoms with van der Waals surface area (Å²) in [4.78, 5) is 22.8. The van der Waals surface area contributed by atoms with Crippen molar-refractivity contribution in [2.75, 3.05) is 6.54 Å². The third kappa shape index (κ3) is 2.82. The number of fused-ring (bicyclic) bond motifs is 1. The molecule has 3 rings (SSSR count). The molecular formula is C16H16N4OS. The molecule has 1 aliphatic rings. The van der Waals surface area contributed by atoms with Gasteiger partial charge in [0.15, 0.2) is 5.11 Å². The Morgan fingerprint density at radius 2 is 2.09 bits per heavy atom. The number of hydrogen-bond donors (Lipinski definition) is 1. The Bertz CT molecular complexity index is 772.